The predicted octanol–water partition coefficient (Wildman–Crippen LogP) is 1.44. The molecule has 0 saturated carbocycles. The normalized spacial score (nSPS) is 17.0. The molecule has 2 aromatic heterocycles. The Morgan fingerprint density at radius 3 is 2.95 bits per heavy atom. The van der Waals surface area contributed by atoms with Crippen LogP contribution in [0.25, 0.3) is 5.82 Å². The number of pyridine rings is 1. The molecule has 1 unspecified atom stereocenters. The Morgan fingerprint density at radius 2 is 2.27 bits per heavy atom. The van der Waals surface area contributed by atoms with E-state index in [9.17, 15) is 4.79 Å². The van der Waals surface area contributed by atoms with Crippen molar-refractivity contribution in [3.8, 4) is 5.82 Å². The van der Waals surface area contributed by atoms with Crippen LogP contribution in [0.4, 0.5) is 5.69 Å². The predicted molar refractivity (Wildman–Crippen MR) is 87.9 cm³/mol. The summed E-state index contributed by atoms with van der Waals surface area (Å²) in [7, 11) is 0. The number of rotatable bonds is 3. The Bertz CT molecular complexity index is 586. The zero-order valence-corrected chi connectivity index (χ0v) is 13.4. The van der Waals surface area contributed by atoms with Crippen molar-refractivity contribution in [2.75, 3.05) is 18.4 Å². The van der Waals surface area contributed by atoms with E-state index < -0.39 is 0 Å². The van der Waals surface area contributed by atoms with Gasteiger partial charge in [0.1, 0.15) is 12.7 Å². The van der Waals surface area contributed by atoms with Gasteiger partial charge >= 0.3 is 0 Å². The second kappa shape index (κ2) is 8.67. The smallest absolute Gasteiger partial charge is 0.228 e. The number of carbonyl (C=O) groups is 1. The summed E-state index contributed by atoms with van der Waals surface area (Å²) in [5, 5.41) is 10.2. The van der Waals surface area contributed by atoms with Crippen molar-refractivity contribution in [3.63, 3.8) is 0 Å². The van der Waals surface area contributed by atoms with Crippen LogP contribution in [0.2, 0.25) is 0 Å². The molecule has 22 heavy (non-hydrogen) atoms. The lowest BCUT2D eigenvalue weighted by Crippen LogP contribution is -2.37. The number of hydrogen-bond acceptors (Lipinski definition) is 5. The van der Waals surface area contributed by atoms with Gasteiger partial charge in [0.2, 0.25) is 5.91 Å². The topological polar surface area (TPSA) is 84.7 Å². The second-order valence-electron chi connectivity index (χ2n) is 4.75. The maximum atomic E-state index is 12.3. The van der Waals surface area contributed by atoms with E-state index in [0.717, 1.165) is 25.9 Å². The lowest BCUT2D eigenvalue weighted by Gasteiger charge is -2.22. The molecule has 3 heterocycles. The Balaban J connectivity index is 0.00000121. The summed E-state index contributed by atoms with van der Waals surface area (Å²) < 4.78 is 1.54. The number of halogens is 2. The number of nitrogens with zero attached hydrogens (tertiary/aromatic N) is 4. The van der Waals surface area contributed by atoms with E-state index >= 15 is 0 Å². The van der Waals surface area contributed by atoms with Crippen molar-refractivity contribution in [1.82, 2.24) is 25.1 Å². The number of piperidine rings is 1. The fraction of sp³-hybridized carbons (Fsp3) is 0.385. The van der Waals surface area contributed by atoms with E-state index in [1.807, 2.05) is 6.07 Å². The van der Waals surface area contributed by atoms with E-state index in [-0.39, 0.29) is 36.6 Å². The number of aromatic nitrogens is 4. The molecule has 1 saturated heterocycles. The van der Waals surface area contributed by atoms with E-state index in [1.54, 1.807) is 18.6 Å². The lowest BCUT2D eigenvalue weighted by atomic mass is 9.99. The zero-order chi connectivity index (χ0) is 13.8. The largest absolute Gasteiger partial charge is 0.323 e. The average Bonchev–Trinajstić information content (AvgIpc) is 3.03. The number of anilines is 1. The minimum absolute atomic E-state index is 0. The maximum absolute atomic E-state index is 12.3. The summed E-state index contributed by atoms with van der Waals surface area (Å²) in [6.45, 7) is 1.71. The molecule has 1 aliphatic heterocycles. The molecule has 9 heteroatoms. The van der Waals surface area contributed by atoms with Crippen LogP contribution < -0.4 is 10.6 Å². The first kappa shape index (κ1) is 18.3. The summed E-state index contributed by atoms with van der Waals surface area (Å²) >= 11 is 0. The van der Waals surface area contributed by atoms with Crippen LogP contribution in [0, 0.1) is 5.92 Å². The van der Waals surface area contributed by atoms with Gasteiger partial charge in [0, 0.05) is 12.7 Å². The van der Waals surface area contributed by atoms with E-state index in [1.165, 1.54) is 11.0 Å². The van der Waals surface area contributed by atoms with Gasteiger partial charge in [-0.05, 0) is 31.5 Å². The minimum Gasteiger partial charge on any atom is -0.323 e. The maximum Gasteiger partial charge on any atom is 0.228 e. The van der Waals surface area contributed by atoms with Crippen molar-refractivity contribution >= 4 is 36.4 Å². The minimum atomic E-state index is 0. The molecular weight excluding hydrogens is 327 g/mol. The van der Waals surface area contributed by atoms with Gasteiger partial charge in [0.25, 0.3) is 0 Å². The standard InChI is InChI=1S/C13H16N6O.2ClH/c20-13(10-3-1-5-14-7-10)18-11-4-2-6-16-12(11)19-9-15-8-17-19;;/h2,4,6,8-10,14H,1,3,5,7H2,(H,18,20);2*1H. The SMILES string of the molecule is Cl.Cl.O=C(Nc1cccnc1-n1cncn1)C1CCCNC1. The first-order valence-electron chi connectivity index (χ1n) is 6.66. The van der Waals surface area contributed by atoms with Gasteiger partial charge in [0.05, 0.1) is 11.6 Å². The lowest BCUT2D eigenvalue weighted by molar-refractivity contribution is -0.120. The highest BCUT2D eigenvalue weighted by molar-refractivity contribution is 5.94. The van der Waals surface area contributed by atoms with Crippen LogP contribution in [-0.2, 0) is 4.79 Å². The molecule has 0 aliphatic carbocycles. The Hall–Kier alpha value is -1.70. The number of amides is 1. The molecule has 1 amide bonds. The number of hydrogen-bond donors (Lipinski definition) is 2. The Labute approximate surface area is 140 Å². The summed E-state index contributed by atoms with van der Waals surface area (Å²) in [6.07, 6.45) is 6.60. The Morgan fingerprint density at radius 1 is 1.41 bits per heavy atom. The van der Waals surface area contributed by atoms with Gasteiger partial charge in [0.15, 0.2) is 5.82 Å². The van der Waals surface area contributed by atoms with Crippen molar-refractivity contribution in [2.24, 2.45) is 5.92 Å². The van der Waals surface area contributed by atoms with Crippen molar-refractivity contribution in [2.45, 2.75) is 12.8 Å². The van der Waals surface area contributed by atoms with E-state index in [4.69, 9.17) is 0 Å². The molecule has 2 aromatic rings. The number of carbonyl (C=O) groups excluding carboxylic acids is 1. The van der Waals surface area contributed by atoms with Crippen LogP contribution in [0.3, 0.4) is 0 Å². The first-order valence-corrected chi connectivity index (χ1v) is 6.66. The molecule has 0 radical (unpaired) electrons. The van der Waals surface area contributed by atoms with Gasteiger partial charge in [-0.15, -0.1) is 24.8 Å². The third kappa shape index (κ3) is 4.16. The highest BCUT2D eigenvalue weighted by atomic mass is 35.5. The summed E-state index contributed by atoms with van der Waals surface area (Å²) in [5.74, 6) is 0.598. The van der Waals surface area contributed by atoms with Crippen LogP contribution in [0.15, 0.2) is 31.0 Å². The average molecular weight is 345 g/mol. The van der Waals surface area contributed by atoms with Crippen LogP contribution in [0.1, 0.15) is 12.8 Å². The molecule has 0 spiro atoms. The quantitative estimate of drug-likeness (QED) is 0.880. The van der Waals surface area contributed by atoms with Gasteiger partial charge in [-0.25, -0.2) is 14.6 Å². The molecule has 0 bridgehead atoms. The molecule has 3 rings (SSSR count). The van der Waals surface area contributed by atoms with Crippen LogP contribution in [-0.4, -0.2) is 38.7 Å². The van der Waals surface area contributed by atoms with Gasteiger partial charge in [-0.3, -0.25) is 4.79 Å². The molecule has 1 atom stereocenters. The Kier molecular flexibility index (Phi) is 7.23. The van der Waals surface area contributed by atoms with Crippen LogP contribution >= 0.6 is 24.8 Å². The van der Waals surface area contributed by atoms with Crippen molar-refractivity contribution < 1.29 is 4.79 Å². The summed E-state index contributed by atoms with van der Waals surface area (Å²) in [6, 6.07) is 3.60. The fourth-order valence-electron chi connectivity index (χ4n) is 2.31. The summed E-state index contributed by atoms with van der Waals surface area (Å²) in [4.78, 5) is 20.4. The third-order valence-electron chi connectivity index (χ3n) is 3.35. The summed E-state index contributed by atoms with van der Waals surface area (Å²) in [5.41, 5.74) is 0.647. The van der Waals surface area contributed by atoms with Crippen LogP contribution in [0.5, 0.6) is 0 Å². The highest BCUT2D eigenvalue weighted by Gasteiger charge is 2.22. The first-order chi connectivity index (χ1) is 9.84. The molecule has 7 nitrogen and oxygen atoms in total. The van der Waals surface area contributed by atoms with Gasteiger partial charge in [-0.1, -0.05) is 0 Å². The molecule has 120 valence electrons. The van der Waals surface area contributed by atoms with Gasteiger partial charge < -0.3 is 10.6 Å². The molecule has 2 N–H and O–H groups in total. The van der Waals surface area contributed by atoms with Crippen molar-refractivity contribution in [1.29, 1.82) is 0 Å². The zero-order valence-electron chi connectivity index (χ0n) is 11.8. The fourth-order valence-corrected chi connectivity index (χ4v) is 2.31. The third-order valence-corrected chi connectivity index (χ3v) is 3.35. The van der Waals surface area contributed by atoms with Gasteiger partial charge in [-0.2, -0.15) is 5.10 Å². The molecular formula is C13H18Cl2N6O. The second-order valence-corrected chi connectivity index (χ2v) is 4.75. The number of nitrogens with one attached hydrogen (secondary N) is 2. The molecule has 1 fully saturated rings. The monoisotopic (exact) mass is 344 g/mol. The molecule has 0 aromatic carbocycles. The van der Waals surface area contributed by atoms with Crippen molar-refractivity contribution in [3.05, 3.63) is 31.0 Å². The van der Waals surface area contributed by atoms with E-state index in [2.05, 4.69) is 25.7 Å². The van der Waals surface area contributed by atoms with E-state index in [0.29, 0.717) is 11.5 Å². The molecule has 1 aliphatic rings. The highest BCUT2D eigenvalue weighted by Crippen LogP contribution is 2.18.